The fraction of sp³-hybridized carbons (Fsp3) is 0.333. The second kappa shape index (κ2) is 4.98. The van der Waals surface area contributed by atoms with Crippen LogP contribution in [0.5, 0.6) is 0 Å². The molecule has 0 spiro atoms. The summed E-state index contributed by atoms with van der Waals surface area (Å²) < 4.78 is 13.4. The third-order valence-electron chi connectivity index (χ3n) is 4.02. The second-order valence-corrected chi connectivity index (χ2v) is 6.31. The predicted molar refractivity (Wildman–Crippen MR) is 76.3 cm³/mol. The Morgan fingerprint density at radius 2 is 2.45 bits per heavy atom. The van der Waals surface area contributed by atoms with Crippen LogP contribution in [0, 0.1) is 11.7 Å². The van der Waals surface area contributed by atoms with Crippen LogP contribution < -0.4 is 5.32 Å². The third-order valence-corrected chi connectivity index (χ3v) is 5.17. The van der Waals surface area contributed by atoms with Gasteiger partial charge in [0.2, 0.25) is 0 Å². The van der Waals surface area contributed by atoms with E-state index >= 15 is 0 Å². The first kappa shape index (κ1) is 13.2. The van der Waals surface area contributed by atoms with E-state index in [0.29, 0.717) is 12.5 Å². The number of hydrogen-bond donors (Lipinski definition) is 1. The molecule has 2 aromatic heterocycles. The zero-order valence-corrected chi connectivity index (χ0v) is 11.9. The number of hydrogen-bond acceptors (Lipinski definition) is 3. The Morgan fingerprint density at radius 3 is 3.15 bits per heavy atom. The van der Waals surface area contributed by atoms with Gasteiger partial charge in [0.1, 0.15) is 0 Å². The molecule has 0 bridgehead atoms. The molecule has 0 radical (unpaired) electrons. The number of thiophene rings is 1. The molecule has 5 heteroatoms. The van der Waals surface area contributed by atoms with Gasteiger partial charge in [0, 0.05) is 23.0 Å². The minimum atomic E-state index is -0.582. The van der Waals surface area contributed by atoms with E-state index in [9.17, 15) is 9.18 Å². The molecule has 3 rings (SSSR count). The van der Waals surface area contributed by atoms with Crippen molar-refractivity contribution in [3.8, 4) is 0 Å². The van der Waals surface area contributed by atoms with Crippen molar-refractivity contribution in [3.05, 3.63) is 52.2 Å². The van der Waals surface area contributed by atoms with Crippen LogP contribution in [0.2, 0.25) is 0 Å². The molecule has 1 aliphatic carbocycles. The fourth-order valence-electron chi connectivity index (χ4n) is 2.53. The van der Waals surface area contributed by atoms with E-state index in [4.69, 9.17) is 0 Å². The number of carbonyl (C=O) groups excluding carboxylic acids is 1. The zero-order chi connectivity index (χ0) is 14.2. The summed E-state index contributed by atoms with van der Waals surface area (Å²) in [6.07, 6.45) is 3.54. The molecule has 2 atom stereocenters. The van der Waals surface area contributed by atoms with Crippen molar-refractivity contribution >= 4 is 17.2 Å². The summed E-state index contributed by atoms with van der Waals surface area (Å²) in [7, 11) is 0. The van der Waals surface area contributed by atoms with Gasteiger partial charge in [0.05, 0.1) is 11.8 Å². The lowest BCUT2D eigenvalue weighted by atomic mass is 10.0. The molecule has 0 aromatic carbocycles. The Kier molecular flexibility index (Phi) is 3.30. The van der Waals surface area contributed by atoms with E-state index in [1.165, 1.54) is 17.1 Å². The Bertz CT molecular complexity index is 629. The average Bonchev–Trinajstić information content (AvgIpc) is 2.89. The summed E-state index contributed by atoms with van der Waals surface area (Å²) in [5.74, 6) is -0.526. The monoisotopic (exact) mass is 290 g/mol. The van der Waals surface area contributed by atoms with Crippen molar-refractivity contribution < 1.29 is 9.18 Å². The number of nitrogens with zero attached hydrogens (tertiary/aromatic N) is 1. The van der Waals surface area contributed by atoms with Gasteiger partial charge in [0.15, 0.2) is 5.82 Å². The molecule has 0 saturated heterocycles. The van der Waals surface area contributed by atoms with Gasteiger partial charge in [-0.2, -0.15) is 0 Å². The third kappa shape index (κ3) is 2.33. The number of halogens is 1. The summed E-state index contributed by atoms with van der Waals surface area (Å²) in [6, 6.07) is 5.58. The number of aromatic nitrogens is 1. The molecule has 20 heavy (non-hydrogen) atoms. The first-order valence-electron chi connectivity index (χ1n) is 6.53. The highest BCUT2D eigenvalue weighted by molar-refractivity contribution is 7.10. The van der Waals surface area contributed by atoms with Gasteiger partial charge in [-0.3, -0.25) is 9.78 Å². The molecular formula is C15H15FN2OS. The molecule has 2 heterocycles. The lowest BCUT2D eigenvalue weighted by Gasteiger charge is -2.10. The van der Waals surface area contributed by atoms with Gasteiger partial charge in [-0.25, -0.2) is 4.39 Å². The van der Waals surface area contributed by atoms with Crippen LogP contribution in [-0.2, 0) is 5.41 Å². The Hall–Kier alpha value is -1.75. The molecule has 104 valence electrons. The first-order valence-corrected chi connectivity index (χ1v) is 7.41. The second-order valence-electron chi connectivity index (χ2n) is 5.36. The molecule has 1 fully saturated rings. The maximum Gasteiger partial charge on any atom is 0.254 e. The number of rotatable bonds is 4. The van der Waals surface area contributed by atoms with Crippen molar-refractivity contribution in [1.82, 2.24) is 10.3 Å². The molecule has 1 N–H and O–H groups in total. The Balaban J connectivity index is 1.59. The number of carbonyl (C=O) groups is 1. The van der Waals surface area contributed by atoms with E-state index in [0.717, 1.165) is 12.6 Å². The average molecular weight is 290 g/mol. The van der Waals surface area contributed by atoms with E-state index in [1.807, 2.05) is 6.07 Å². The van der Waals surface area contributed by atoms with Gasteiger partial charge in [-0.15, -0.1) is 11.3 Å². The van der Waals surface area contributed by atoms with Gasteiger partial charge >= 0.3 is 0 Å². The van der Waals surface area contributed by atoms with Gasteiger partial charge in [-0.05, 0) is 29.9 Å². The van der Waals surface area contributed by atoms with Gasteiger partial charge in [0.25, 0.3) is 5.91 Å². The molecule has 1 saturated carbocycles. The van der Waals surface area contributed by atoms with E-state index in [1.54, 1.807) is 11.3 Å². The lowest BCUT2D eigenvalue weighted by Crippen LogP contribution is -2.28. The first-order chi connectivity index (χ1) is 9.61. The summed E-state index contributed by atoms with van der Waals surface area (Å²) in [5.41, 5.74) is 0.219. The van der Waals surface area contributed by atoms with Crippen LogP contribution >= 0.6 is 11.3 Å². The Labute approximate surface area is 120 Å². The van der Waals surface area contributed by atoms with Crippen molar-refractivity contribution in [2.45, 2.75) is 18.8 Å². The van der Waals surface area contributed by atoms with Crippen LogP contribution in [0.4, 0.5) is 4.39 Å². The fourth-order valence-corrected chi connectivity index (χ4v) is 3.51. The number of nitrogens with one attached hydrogen (secondary N) is 1. The molecule has 0 unspecified atom stereocenters. The van der Waals surface area contributed by atoms with Crippen molar-refractivity contribution in [1.29, 1.82) is 0 Å². The van der Waals surface area contributed by atoms with E-state index in [-0.39, 0.29) is 16.9 Å². The number of amides is 1. The van der Waals surface area contributed by atoms with Crippen LogP contribution in [-0.4, -0.2) is 17.4 Å². The maximum atomic E-state index is 13.4. The smallest absolute Gasteiger partial charge is 0.254 e. The summed E-state index contributed by atoms with van der Waals surface area (Å²) in [5, 5.41) is 4.89. The topological polar surface area (TPSA) is 42.0 Å². The summed E-state index contributed by atoms with van der Waals surface area (Å²) in [4.78, 5) is 16.9. The van der Waals surface area contributed by atoms with E-state index in [2.05, 4.69) is 28.7 Å². The molecular weight excluding hydrogens is 275 g/mol. The van der Waals surface area contributed by atoms with Crippen LogP contribution in [0.15, 0.2) is 36.0 Å². The molecule has 1 aliphatic rings. The number of pyridine rings is 1. The van der Waals surface area contributed by atoms with Crippen LogP contribution in [0.3, 0.4) is 0 Å². The largest absolute Gasteiger partial charge is 0.352 e. The molecule has 1 amide bonds. The molecule has 2 aromatic rings. The van der Waals surface area contributed by atoms with E-state index < -0.39 is 5.82 Å². The maximum absolute atomic E-state index is 13.4. The van der Waals surface area contributed by atoms with Crippen molar-refractivity contribution in [2.75, 3.05) is 6.54 Å². The zero-order valence-electron chi connectivity index (χ0n) is 11.1. The van der Waals surface area contributed by atoms with Crippen molar-refractivity contribution in [3.63, 3.8) is 0 Å². The molecule has 3 nitrogen and oxygen atoms in total. The van der Waals surface area contributed by atoms with Crippen LogP contribution in [0.1, 0.15) is 28.6 Å². The Morgan fingerprint density at radius 1 is 1.60 bits per heavy atom. The molecule has 0 aliphatic heterocycles. The van der Waals surface area contributed by atoms with Crippen LogP contribution in [0.25, 0.3) is 0 Å². The minimum Gasteiger partial charge on any atom is -0.352 e. The summed E-state index contributed by atoms with van der Waals surface area (Å²) in [6.45, 7) is 2.79. The highest BCUT2D eigenvalue weighted by Gasteiger charge is 2.51. The van der Waals surface area contributed by atoms with Gasteiger partial charge in [-0.1, -0.05) is 13.0 Å². The highest BCUT2D eigenvalue weighted by atomic mass is 32.1. The minimum absolute atomic E-state index is 0.0541. The SMILES string of the molecule is C[C@]1(c2cccs2)C[C@H]1CNC(=O)c1ccncc1F. The van der Waals surface area contributed by atoms with Crippen molar-refractivity contribution in [2.24, 2.45) is 5.92 Å². The predicted octanol–water partition coefficient (Wildman–Crippen LogP) is 2.99. The normalized spacial score (nSPS) is 24.4. The quantitative estimate of drug-likeness (QED) is 0.940. The lowest BCUT2D eigenvalue weighted by molar-refractivity contribution is 0.0947. The highest BCUT2D eigenvalue weighted by Crippen LogP contribution is 2.54. The standard InChI is InChI=1S/C15H15FN2OS/c1-15(13-3-2-6-20-13)7-10(15)8-18-14(19)11-4-5-17-9-12(11)16/h2-6,9-10H,7-8H2,1H3,(H,18,19)/t10-,15-/m0/s1. The van der Waals surface area contributed by atoms with Gasteiger partial charge < -0.3 is 5.32 Å². The summed E-state index contributed by atoms with van der Waals surface area (Å²) >= 11 is 1.75.